The van der Waals surface area contributed by atoms with Gasteiger partial charge in [-0.3, -0.25) is 4.79 Å². The minimum atomic E-state index is -0.751. The van der Waals surface area contributed by atoms with E-state index in [1.165, 1.54) is 6.20 Å². The van der Waals surface area contributed by atoms with Crippen LogP contribution in [0.4, 0.5) is 15.9 Å². The van der Waals surface area contributed by atoms with E-state index in [1.54, 1.807) is 13.0 Å². The van der Waals surface area contributed by atoms with Gasteiger partial charge in [0.1, 0.15) is 10.8 Å². The van der Waals surface area contributed by atoms with Crippen LogP contribution in [0.3, 0.4) is 0 Å². The Morgan fingerprint density at radius 3 is 3.09 bits per heavy atom. The first-order valence-electron chi connectivity index (χ1n) is 6.79. The van der Waals surface area contributed by atoms with Crippen molar-refractivity contribution in [3.8, 4) is 0 Å². The Hall–Kier alpha value is -2.22. The van der Waals surface area contributed by atoms with Gasteiger partial charge in [0.25, 0.3) is 5.56 Å². The van der Waals surface area contributed by atoms with Gasteiger partial charge in [-0.25, -0.2) is 10.1 Å². The van der Waals surface area contributed by atoms with Crippen molar-refractivity contribution in [2.75, 3.05) is 23.3 Å². The number of anilines is 2. The fourth-order valence-electron chi connectivity index (χ4n) is 2.51. The molecule has 9 heteroatoms. The topological polar surface area (TPSA) is 86.8 Å². The molecule has 0 amide bonds. The van der Waals surface area contributed by atoms with Crippen molar-refractivity contribution in [2.45, 2.75) is 19.4 Å². The Labute approximate surface area is 130 Å². The number of halogens is 2. The maximum atomic E-state index is 13.2. The van der Waals surface area contributed by atoms with Crippen LogP contribution in [-0.2, 0) is 0 Å². The quantitative estimate of drug-likeness (QED) is 0.829. The number of H-pyrrole nitrogens is 1. The summed E-state index contributed by atoms with van der Waals surface area (Å²) in [5.74, 6) is 0.451. The molecule has 22 heavy (non-hydrogen) atoms. The van der Waals surface area contributed by atoms with Crippen molar-refractivity contribution < 1.29 is 4.39 Å². The van der Waals surface area contributed by atoms with E-state index in [0.717, 1.165) is 13.0 Å². The summed E-state index contributed by atoms with van der Waals surface area (Å²) in [6.45, 7) is 3.04. The highest BCUT2D eigenvalue weighted by Crippen LogP contribution is 2.25. The molecule has 0 aliphatic carbocycles. The third-order valence-electron chi connectivity index (χ3n) is 3.49. The highest BCUT2D eigenvalue weighted by atomic mass is 35.5. The van der Waals surface area contributed by atoms with Gasteiger partial charge in [0.15, 0.2) is 0 Å². The fraction of sp³-hybridized carbons (Fsp3) is 0.385. The standard InChI is InChI=1S/C13H14ClFN6O/c1-7-4-10(19-13(15)17-7)18-8-2-3-21(6-8)9-5-16-20-12(22)11(9)14/h4-5,8H,2-3,6H2,1H3,(H,20,22)(H,17,18,19). The molecule has 1 aliphatic heterocycles. The molecule has 7 nitrogen and oxygen atoms in total. The van der Waals surface area contributed by atoms with E-state index in [9.17, 15) is 9.18 Å². The van der Waals surface area contributed by atoms with Gasteiger partial charge in [-0.05, 0) is 13.3 Å². The van der Waals surface area contributed by atoms with E-state index in [2.05, 4.69) is 25.5 Å². The van der Waals surface area contributed by atoms with Crippen LogP contribution in [0, 0.1) is 13.0 Å². The minimum Gasteiger partial charge on any atom is -0.367 e. The summed E-state index contributed by atoms with van der Waals surface area (Å²) in [6, 6.07) is 1.76. The molecule has 0 bridgehead atoms. The van der Waals surface area contributed by atoms with Crippen LogP contribution in [0.15, 0.2) is 17.1 Å². The van der Waals surface area contributed by atoms with Crippen LogP contribution in [0.1, 0.15) is 12.1 Å². The number of nitrogens with zero attached hydrogens (tertiary/aromatic N) is 4. The van der Waals surface area contributed by atoms with Crippen LogP contribution in [-0.4, -0.2) is 39.3 Å². The fourth-order valence-corrected chi connectivity index (χ4v) is 2.72. The van der Waals surface area contributed by atoms with Crippen molar-refractivity contribution in [2.24, 2.45) is 0 Å². The first-order valence-corrected chi connectivity index (χ1v) is 7.16. The molecule has 116 valence electrons. The van der Waals surface area contributed by atoms with Crippen LogP contribution in [0.2, 0.25) is 5.02 Å². The lowest BCUT2D eigenvalue weighted by Crippen LogP contribution is -2.28. The molecule has 2 aromatic rings. The molecule has 0 radical (unpaired) electrons. The maximum Gasteiger partial charge on any atom is 0.310 e. The predicted octanol–water partition coefficient (Wildman–Crippen LogP) is 1.35. The van der Waals surface area contributed by atoms with Crippen LogP contribution in [0.25, 0.3) is 0 Å². The second-order valence-electron chi connectivity index (χ2n) is 5.14. The highest BCUT2D eigenvalue weighted by molar-refractivity contribution is 6.33. The number of aromatic nitrogens is 4. The van der Waals surface area contributed by atoms with Gasteiger partial charge < -0.3 is 10.2 Å². The Morgan fingerprint density at radius 1 is 1.50 bits per heavy atom. The van der Waals surface area contributed by atoms with Crippen molar-refractivity contribution in [1.29, 1.82) is 0 Å². The second kappa shape index (κ2) is 5.88. The van der Waals surface area contributed by atoms with Crippen molar-refractivity contribution in [3.05, 3.63) is 39.4 Å². The second-order valence-corrected chi connectivity index (χ2v) is 5.52. The third-order valence-corrected chi connectivity index (χ3v) is 3.85. The maximum absolute atomic E-state index is 13.2. The number of nitrogens with one attached hydrogen (secondary N) is 2. The van der Waals surface area contributed by atoms with E-state index >= 15 is 0 Å². The van der Waals surface area contributed by atoms with E-state index in [-0.39, 0.29) is 11.1 Å². The molecule has 3 rings (SSSR count). The van der Waals surface area contributed by atoms with Crippen LogP contribution in [0.5, 0.6) is 0 Å². The molecule has 0 aromatic carbocycles. The SMILES string of the molecule is Cc1cc(NC2CCN(c3cn[nH]c(=O)c3Cl)C2)nc(F)n1. The highest BCUT2D eigenvalue weighted by Gasteiger charge is 2.25. The number of aromatic amines is 1. The Balaban J connectivity index is 1.72. The molecule has 2 aromatic heterocycles. The summed E-state index contributed by atoms with van der Waals surface area (Å²) in [7, 11) is 0. The lowest BCUT2D eigenvalue weighted by molar-refractivity contribution is 0.535. The first-order chi connectivity index (χ1) is 10.5. The van der Waals surface area contributed by atoms with E-state index < -0.39 is 11.6 Å². The molecular formula is C13H14ClFN6O. The summed E-state index contributed by atoms with van der Waals surface area (Å²) in [5.41, 5.74) is 0.746. The molecule has 1 aliphatic rings. The van der Waals surface area contributed by atoms with Crippen LogP contribution >= 0.6 is 11.6 Å². The molecule has 0 saturated carbocycles. The van der Waals surface area contributed by atoms with Gasteiger partial charge >= 0.3 is 6.08 Å². The van der Waals surface area contributed by atoms with Crippen LogP contribution < -0.4 is 15.8 Å². The summed E-state index contributed by atoms with van der Waals surface area (Å²) in [5, 5.41) is 9.35. The molecule has 3 heterocycles. The molecule has 1 fully saturated rings. The molecule has 1 atom stereocenters. The largest absolute Gasteiger partial charge is 0.367 e. The molecule has 2 N–H and O–H groups in total. The summed E-state index contributed by atoms with van der Waals surface area (Å²) in [4.78, 5) is 20.8. The number of rotatable bonds is 3. The van der Waals surface area contributed by atoms with Crippen molar-refractivity contribution in [1.82, 2.24) is 20.2 Å². The van der Waals surface area contributed by atoms with Gasteiger partial charge in [0, 0.05) is 30.9 Å². The lowest BCUT2D eigenvalue weighted by Gasteiger charge is -2.19. The molecule has 1 unspecified atom stereocenters. The summed E-state index contributed by atoms with van der Waals surface area (Å²) >= 11 is 6.01. The summed E-state index contributed by atoms with van der Waals surface area (Å²) in [6.07, 6.45) is 1.59. The predicted molar refractivity (Wildman–Crippen MR) is 80.8 cm³/mol. The average Bonchev–Trinajstić information content (AvgIpc) is 2.89. The monoisotopic (exact) mass is 324 g/mol. The summed E-state index contributed by atoms with van der Waals surface area (Å²) < 4.78 is 13.2. The third kappa shape index (κ3) is 3.01. The van der Waals surface area contributed by atoms with Gasteiger partial charge in [0.05, 0.1) is 11.9 Å². The van der Waals surface area contributed by atoms with Gasteiger partial charge in [0.2, 0.25) is 0 Å². The molecule has 1 saturated heterocycles. The van der Waals surface area contributed by atoms with Gasteiger partial charge in [-0.1, -0.05) is 11.6 Å². The van der Waals surface area contributed by atoms with Gasteiger partial charge in [-0.2, -0.15) is 14.5 Å². The molecular weight excluding hydrogens is 311 g/mol. The zero-order valence-electron chi connectivity index (χ0n) is 11.8. The zero-order valence-corrected chi connectivity index (χ0v) is 12.6. The van der Waals surface area contributed by atoms with E-state index in [4.69, 9.17) is 11.6 Å². The lowest BCUT2D eigenvalue weighted by atomic mass is 10.2. The smallest absolute Gasteiger partial charge is 0.310 e. The van der Waals surface area contributed by atoms with E-state index in [1.807, 2.05) is 4.90 Å². The normalized spacial score (nSPS) is 17.8. The molecule has 0 spiro atoms. The zero-order chi connectivity index (χ0) is 15.7. The van der Waals surface area contributed by atoms with Crippen molar-refractivity contribution >= 4 is 23.1 Å². The average molecular weight is 325 g/mol. The van der Waals surface area contributed by atoms with Gasteiger partial charge in [-0.15, -0.1) is 0 Å². The van der Waals surface area contributed by atoms with Crippen molar-refractivity contribution in [3.63, 3.8) is 0 Å². The number of aryl methyl sites for hydroxylation is 1. The number of hydrogen-bond donors (Lipinski definition) is 2. The number of hydrogen-bond acceptors (Lipinski definition) is 6. The first kappa shape index (κ1) is 14.7. The minimum absolute atomic E-state index is 0.0732. The Kier molecular flexibility index (Phi) is 3.93. The van der Waals surface area contributed by atoms with E-state index in [0.29, 0.717) is 23.7 Å². The Morgan fingerprint density at radius 2 is 2.32 bits per heavy atom. The Bertz CT molecular complexity index is 731.